The topological polar surface area (TPSA) is 41.8 Å². The van der Waals surface area contributed by atoms with Crippen molar-refractivity contribution >= 4 is 34.1 Å². The highest BCUT2D eigenvalue weighted by atomic mass is 35.5. The van der Waals surface area contributed by atoms with Crippen molar-refractivity contribution in [2.24, 2.45) is 5.73 Å². The van der Waals surface area contributed by atoms with E-state index in [-0.39, 0.29) is 0 Å². The summed E-state index contributed by atoms with van der Waals surface area (Å²) in [6.45, 7) is 0.698. The molecule has 0 saturated carbocycles. The van der Waals surface area contributed by atoms with Crippen molar-refractivity contribution in [2.75, 3.05) is 6.54 Å². The molecule has 0 aliphatic heterocycles. The number of H-pyrrole nitrogens is 1. The van der Waals surface area contributed by atoms with Gasteiger partial charge in [0.15, 0.2) is 0 Å². The van der Waals surface area contributed by atoms with Crippen molar-refractivity contribution in [1.29, 1.82) is 0 Å². The van der Waals surface area contributed by atoms with Crippen LogP contribution in [0.15, 0.2) is 18.2 Å². The van der Waals surface area contributed by atoms with E-state index in [1.54, 1.807) is 6.07 Å². The van der Waals surface area contributed by atoms with Crippen LogP contribution in [0.5, 0.6) is 0 Å². The quantitative estimate of drug-likeness (QED) is 0.852. The molecule has 1 heterocycles. The third-order valence-corrected chi connectivity index (χ3v) is 2.87. The number of rotatable bonds is 3. The van der Waals surface area contributed by atoms with E-state index in [4.69, 9.17) is 28.9 Å². The minimum Gasteiger partial charge on any atom is -0.357 e. The Morgan fingerprint density at radius 3 is 2.73 bits per heavy atom. The van der Waals surface area contributed by atoms with Gasteiger partial charge in [0.1, 0.15) is 0 Å². The molecule has 4 heteroatoms. The van der Waals surface area contributed by atoms with Gasteiger partial charge in [-0.25, -0.2) is 0 Å². The summed E-state index contributed by atoms with van der Waals surface area (Å²) in [5.41, 5.74) is 7.57. The van der Waals surface area contributed by atoms with Crippen LogP contribution in [0, 0.1) is 0 Å². The monoisotopic (exact) mass is 242 g/mol. The summed E-state index contributed by atoms with van der Waals surface area (Å²) in [7, 11) is 0. The molecular formula is C11H12Cl2N2. The van der Waals surface area contributed by atoms with Gasteiger partial charge in [-0.3, -0.25) is 0 Å². The molecule has 0 aliphatic carbocycles. The lowest BCUT2D eigenvalue weighted by Crippen LogP contribution is -2.00. The zero-order chi connectivity index (χ0) is 10.8. The standard InChI is InChI=1S/C11H12Cl2N2/c12-8-4-7-5-9(2-1-3-14)15-11(7)10(13)6-8/h4-6,15H,1-3,14H2. The Labute approximate surface area is 98.4 Å². The van der Waals surface area contributed by atoms with Gasteiger partial charge in [0.2, 0.25) is 0 Å². The SMILES string of the molecule is NCCCc1cc2cc(Cl)cc(Cl)c2[nH]1. The molecule has 3 N–H and O–H groups in total. The highest BCUT2D eigenvalue weighted by Gasteiger charge is 2.05. The molecule has 2 rings (SSSR count). The molecule has 0 saturated heterocycles. The molecule has 1 aromatic heterocycles. The van der Waals surface area contributed by atoms with Crippen LogP contribution in [-0.2, 0) is 6.42 Å². The van der Waals surface area contributed by atoms with E-state index in [1.165, 1.54) is 0 Å². The first-order valence-corrected chi connectivity index (χ1v) is 5.63. The fourth-order valence-corrected chi connectivity index (χ4v) is 2.21. The molecular weight excluding hydrogens is 231 g/mol. The molecule has 0 spiro atoms. The molecule has 0 amide bonds. The minimum absolute atomic E-state index is 0.663. The van der Waals surface area contributed by atoms with Crippen molar-refractivity contribution in [2.45, 2.75) is 12.8 Å². The molecule has 0 fully saturated rings. The Balaban J connectivity index is 2.41. The molecule has 2 aromatic rings. The van der Waals surface area contributed by atoms with Crippen LogP contribution in [0.25, 0.3) is 10.9 Å². The van der Waals surface area contributed by atoms with E-state index < -0.39 is 0 Å². The first kappa shape index (κ1) is 10.8. The Kier molecular flexibility index (Phi) is 3.19. The number of hydrogen-bond donors (Lipinski definition) is 2. The number of halogens is 2. The fourth-order valence-electron chi connectivity index (χ4n) is 1.65. The molecule has 1 aromatic carbocycles. The van der Waals surface area contributed by atoms with Gasteiger partial charge in [0.25, 0.3) is 0 Å². The average molecular weight is 243 g/mol. The molecule has 0 aliphatic rings. The highest BCUT2D eigenvalue weighted by molar-refractivity contribution is 6.38. The summed E-state index contributed by atoms with van der Waals surface area (Å²) >= 11 is 12.0. The number of nitrogens with two attached hydrogens (primary N) is 1. The van der Waals surface area contributed by atoms with Crippen LogP contribution >= 0.6 is 23.2 Å². The van der Waals surface area contributed by atoms with Crippen molar-refractivity contribution in [3.63, 3.8) is 0 Å². The van der Waals surface area contributed by atoms with E-state index >= 15 is 0 Å². The first-order chi connectivity index (χ1) is 7.20. The zero-order valence-electron chi connectivity index (χ0n) is 8.19. The van der Waals surface area contributed by atoms with Crippen molar-refractivity contribution in [1.82, 2.24) is 4.98 Å². The van der Waals surface area contributed by atoms with Gasteiger partial charge in [-0.1, -0.05) is 23.2 Å². The largest absolute Gasteiger partial charge is 0.357 e. The van der Waals surface area contributed by atoms with Gasteiger partial charge in [0.05, 0.1) is 10.5 Å². The second kappa shape index (κ2) is 4.44. The third-order valence-electron chi connectivity index (χ3n) is 2.35. The second-order valence-corrected chi connectivity index (χ2v) is 4.38. The van der Waals surface area contributed by atoms with Crippen LogP contribution in [-0.4, -0.2) is 11.5 Å². The van der Waals surface area contributed by atoms with E-state index in [1.807, 2.05) is 6.07 Å². The van der Waals surface area contributed by atoms with Crippen LogP contribution < -0.4 is 5.73 Å². The minimum atomic E-state index is 0.663. The molecule has 80 valence electrons. The van der Waals surface area contributed by atoms with Crippen LogP contribution in [0.1, 0.15) is 12.1 Å². The Bertz CT molecular complexity index is 477. The third kappa shape index (κ3) is 2.28. The van der Waals surface area contributed by atoms with Crippen LogP contribution in [0.2, 0.25) is 10.0 Å². The van der Waals surface area contributed by atoms with Gasteiger partial charge in [0, 0.05) is 16.1 Å². The Morgan fingerprint density at radius 1 is 1.20 bits per heavy atom. The lowest BCUT2D eigenvalue weighted by atomic mass is 10.2. The maximum absolute atomic E-state index is 6.07. The number of fused-ring (bicyclic) bond motifs is 1. The van der Waals surface area contributed by atoms with Crippen LogP contribution in [0.3, 0.4) is 0 Å². The number of aromatic nitrogens is 1. The van der Waals surface area contributed by atoms with E-state index in [0.29, 0.717) is 16.6 Å². The van der Waals surface area contributed by atoms with Gasteiger partial charge in [-0.2, -0.15) is 0 Å². The van der Waals surface area contributed by atoms with E-state index in [9.17, 15) is 0 Å². The smallest absolute Gasteiger partial charge is 0.0661 e. The normalized spacial score (nSPS) is 11.1. The van der Waals surface area contributed by atoms with Gasteiger partial charge < -0.3 is 10.7 Å². The molecule has 0 atom stereocenters. The van der Waals surface area contributed by atoms with Crippen molar-refractivity contribution in [3.8, 4) is 0 Å². The lowest BCUT2D eigenvalue weighted by Gasteiger charge is -1.95. The Morgan fingerprint density at radius 2 is 2.00 bits per heavy atom. The first-order valence-electron chi connectivity index (χ1n) is 4.87. The maximum Gasteiger partial charge on any atom is 0.0661 e. The van der Waals surface area contributed by atoms with E-state index in [2.05, 4.69) is 11.1 Å². The number of aryl methyl sites for hydroxylation is 1. The maximum atomic E-state index is 6.07. The molecule has 0 unspecified atom stereocenters. The predicted molar refractivity (Wildman–Crippen MR) is 65.7 cm³/mol. The summed E-state index contributed by atoms with van der Waals surface area (Å²) in [6, 6.07) is 5.72. The zero-order valence-corrected chi connectivity index (χ0v) is 9.70. The summed E-state index contributed by atoms with van der Waals surface area (Å²) in [6.07, 6.45) is 1.91. The lowest BCUT2D eigenvalue weighted by molar-refractivity contribution is 0.818. The number of hydrogen-bond acceptors (Lipinski definition) is 1. The predicted octanol–water partition coefficient (Wildman–Crippen LogP) is 3.37. The number of benzene rings is 1. The summed E-state index contributed by atoms with van der Waals surface area (Å²) in [5, 5.41) is 2.38. The van der Waals surface area contributed by atoms with Crippen LogP contribution in [0.4, 0.5) is 0 Å². The molecule has 15 heavy (non-hydrogen) atoms. The molecule has 2 nitrogen and oxygen atoms in total. The van der Waals surface area contributed by atoms with Gasteiger partial charge >= 0.3 is 0 Å². The summed E-state index contributed by atoms with van der Waals surface area (Å²) in [5.74, 6) is 0. The van der Waals surface area contributed by atoms with Crippen molar-refractivity contribution in [3.05, 3.63) is 33.9 Å². The Hall–Kier alpha value is -0.700. The van der Waals surface area contributed by atoms with Crippen molar-refractivity contribution < 1.29 is 0 Å². The van der Waals surface area contributed by atoms with Gasteiger partial charge in [-0.15, -0.1) is 0 Å². The number of nitrogens with one attached hydrogen (secondary N) is 1. The second-order valence-electron chi connectivity index (χ2n) is 3.54. The average Bonchev–Trinajstić information content (AvgIpc) is 2.57. The van der Waals surface area contributed by atoms with E-state index in [0.717, 1.165) is 29.4 Å². The summed E-state index contributed by atoms with van der Waals surface area (Å²) in [4.78, 5) is 3.28. The highest BCUT2D eigenvalue weighted by Crippen LogP contribution is 2.28. The van der Waals surface area contributed by atoms with Gasteiger partial charge in [-0.05, 0) is 37.6 Å². The fraction of sp³-hybridized carbons (Fsp3) is 0.273. The number of aromatic amines is 1. The molecule has 0 radical (unpaired) electrons. The summed E-state index contributed by atoms with van der Waals surface area (Å²) < 4.78 is 0. The molecule has 0 bridgehead atoms.